The Hall–Kier alpha value is -9.56. The molecular formula is C99H136N11O11PS2. The molecule has 12 aromatic rings. The van der Waals surface area contributed by atoms with Gasteiger partial charge in [0.05, 0.1) is 53.2 Å². The molecule has 10 atom stereocenters. The lowest BCUT2D eigenvalue weighted by atomic mass is 9.87. The van der Waals surface area contributed by atoms with Crippen LogP contribution in [-0.4, -0.2) is 136 Å². The number of aryl methyl sites for hydroxylation is 4. The molecule has 4 aliphatic rings. The van der Waals surface area contributed by atoms with Gasteiger partial charge in [-0.25, -0.2) is 23.5 Å². The van der Waals surface area contributed by atoms with E-state index in [-0.39, 0.29) is 47.1 Å². The van der Waals surface area contributed by atoms with Crippen LogP contribution < -0.4 is 29.7 Å². The number of benzene rings is 8. The summed E-state index contributed by atoms with van der Waals surface area (Å²) >= 11 is 0. The minimum Gasteiger partial charge on any atom is -0.496 e. The van der Waals surface area contributed by atoms with Crippen molar-refractivity contribution in [2.24, 2.45) is 23.7 Å². The lowest BCUT2D eigenvalue weighted by Crippen LogP contribution is -2.36. The first kappa shape index (κ1) is 98.2. The molecular weight excluding hydrogens is 1610 g/mol. The van der Waals surface area contributed by atoms with Crippen LogP contribution in [0.3, 0.4) is 0 Å². The van der Waals surface area contributed by atoms with E-state index in [0.29, 0.717) is 51.1 Å². The summed E-state index contributed by atoms with van der Waals surface area (Å²) in [6.45, 7) is 24.8. The Morgan fingerprint density at radius 3 is 0.871 bits per heavy atom. The maximum absolute atomic E-state index is 12.1. The number of likely N-dealkylation sites (tertiary alicyclic amines) is 4. The van der Waals surface area contributed by atoms with Gasteiger partial charge in [-0.05, 0) is 270 Å². The highest BCUT2D eigenvalue weighted by molar-refractivity contribution is 7.92. The van der Waals surface area contributed by atoms with Gasteiger partial charge in [0.1, 0.15) is 23.0 Å². The van der Waals surface area contributed by atoms with E-state index in [2.05, 4.69) is 168 Å². The second-order valence-electron chi connectivity index (χ2n) is 34.0. The predicted molar refractivity (Wildman–Crippen MR) is 508 cm³/mol. The van der Waals surface area contributed by atoms with E-state index in [1.807, 2.05) is 73.3 Å². The van der Waals surface area contributed by atoms with Crippen molar-refractivity contribution in [3.05, 3.63) is 243 Å². The normalized spacial score (nSPS) is 20.5. The molecule has 8 unspecified atom stereocenters. The molecule has 25 heteroatoms. The number of rotatable bonds is 20. The standard InChI is InChI=1S/C24H29N3O3.2C24H31N3O2S.C23H29N2O4P.4CH4/c1-15-9-11-27(21(12-15)17-4-6-18(7-5-17)24(28)26-29)14-20-19-8-10-25-23(19)16(2)13-22(20)30-3;2*1-16-10-12-27(22(13-16)18-5-7-19(8-6-18)30(4,25)28)15-21-20-9-11-26-24(20)17(2)14-23(21)29-3;1-15-9-11-25(21(12-15)17-4-6-18(7-5-17)30(26,27)28)14-20-19-8-10-24-23(19)16(2)13-22(20)29-3;;;;/h4-8,10,13,15,21,25,29H,9,11-12,14H2,1-3H3,(H,26,28);2*5-9,11,14,16,22,25-26H,10,12-13,15H2,1-4H3;4-8,10,13,15,21,24H,9,11-12,14H2,1-3H3,(H2,26,27,28);4*1H4/t;16-,22+,30?;;;;;;/m.1....../s1. The molecule has 0 bridgehead atoms. The topological polar surface area (TPSA) is 302 Å². The van der Waals surface area contributed by atoms with Crippen LogP contribution in [-0.2, 0) is 50.2 Å². The predicted octanol–water partition coefficient (Wildman–Crippen LogP) is 22.4. The monoisotopic (exact) mass is 1750 g/mol. The van der Waals surface area contributed by atoms with Gasteiger partial charge in [-0.3, -0.25) is 34.2 Å². The third-order valence-corrected chi connectivity index (χ3v) is 28.7. The molecule has 10 N–H and O–H groups in total. The summed E-state index contributed by atoms with van der Waals surface area (Å²) in [6.07, 6.45) is 19.8. The number of nitrogens with zero attached hydrogens (tertiary/aromatic N) is 4. The number of aromatic nitrogens is 4. The van der Waals surface area contributed by atoms with Crippen LogP contribution in [0.4, 0.5) is 0 Å². The van der Waals surface area contributed by atoms with E-state index < -0.39 is 33.0 Å². The largest absolute Gasteiger partial charge is 0.496 e. The zero-order valence-corrected chi connectivity index (χ0v) is 74.3. The number of H-pyrrole nitrogens is 4. The third-order valence-electron chi connectivity index (χ3n) is 25.4. The lowest BCUT2D eigenvalue weighted by molar-refractivity contribution is 0.0706. The number of amides is 1. The summed E-state index contributed by atoms with van der Waals surface area (Å²) in [5, 5.41) is 13.8. The average Bonchev–Trinajstić information content (AvgIpc) is 1.76. The van der Waals surface area contributed by atoms with Gasteiger partial charge in [-0.1, -0.05) is 106 Å². The second kappa shape index (κ2) is 42.2. The first-order valence-electron chi connectivity index (χ1n) is 41.7. The minimum atomic E-state index is -4.23. The number of fused-ring (bicyclic) bond motifs is 4. The zero-order valence-electron chi connectivity index (χ0n) is 71.8. The molecule has 0 radical (unpaired) electrons. The van der Waals surface area contributed by atoms with Crippen molar-refractivity contribution in [2.45, 2.75) is 197 Å². The third kappa shape index (κ3) is 22.3. The molecule has 670 valence electrons. The number of piperidine rings is 4. The lowest BCUT2D eigenvalue weighted by Gasteiger charge is -2.39. The Morgan fingerprint density at radius 2 is 0.653 bits per heavy atom. The summed E-state index contributed by atoms with van der Waals surface area (Å²) in [4.78, 5) is 55.2. The highest BCUT2D eigenvalue weighted by Crippen LogP contribution is 2.45. The number of carbonyl (C=O) groups is 1. The molecule has 8 heterocycles. The van der Waals surface area contributed by atoms with Crippen LogP contribution in [0.15, 0.2) is 180 Å². The van der Waals surface area contributed by atoms with Gasteiger partial charge >= 0.3 is 7.60 Å². The van der Waals surface area contributed by atoms with E-state index >= 15 is 0 Å². The highest BCUT2D eigenvalue weighted by Gasteiger charge is 2.35. The van der Waals surface area contributed by atoms with Crippen LogP contribution in [0.1, 0.15) is 210 Å². The Bertz CT molecular complexity index is 5680. The van der Waals surface area contributed by atoms with Gasteiger partial charge in [0.15, 0.2) is 0 Å². The van der Waals surface area contributed by atoms with Crippen LogP contribution in [0.5, 0.6) is 23.0 Å². The number of hydrogen-bond donors (Lipinski definition) is 10. The number of nitrogens with one attached hydrogen (secondary N) is 7. The fourth-order valence-corrected chi connectivity index (χ4v) is 20.4. The highest BCUT2D eigenvalue weighted by atomic mass is 32.2. The van der Waals surface area contributed by atoms with Crippen molar-refractivity contribution < 1.29 is 51.7 Å². The molecule has 0 saturated carbocycles. The van der Waals surface area contributed by atoms with Crippen LogP contribution >= 0.6 is 7.60 Å². The van der Waals surface area contributed by atoms with Gasteiger partial charge in [-0.2, -0.15) is 0 Å². The second-order valence-corrected chi connectivity index (χ2v) is 40.0. The summed E-state index contributed by atoms with van der Waals surface area (Å²) < 4.78 is 74.4. The Kier molecular flexibility index (Phi) is 33.4. The number of methoxy groups -OCH3 is 4. The van der Waals surface area contributed by atoms with Crippen molar-refractivity contribution in [2.75, 3.05) is 67.1 Å². The maximum atomic E-state index is 12.1. The van der Waals surface area contributed by atoms with Crippen molar-refractivity contribution in [3.63, 3.8) is 0 Å². The van der Waals surface area contributed by atoms with Gasteiger partial charge < -0.3 is 48.7 Å². The Labute approximate surface area is 736 Å². The molecule has 4 fully saturated rings. The zero-order chi connectivity index (χ0) is 85.6. The molecule has 0 spiro atoms. The van der Waals surface area contributed by atoms with Crippen molar-refractivity contribution >= 4 is 81.9 Å². The van der Waals surface area contributed by atoms with Crippen molar-refractivity contribution in [1.82, 2.24) is 45.0 Å². The fourth-order valence-electron chi connectivity index (χ4n) is 18.6. The molecule has 4 saturated heterocycles. The molecule has 8 aromatic carbocycles. The summed E-state index contributed by atoms with van der Waals surface area (Å²) in [5.74, 6) is 5.75. The number of carbonyl (C=O) groups excluding carboxylic acids is 1. The SMILES string of the molecule is C.C.C.C.COc1cc(C)c2[nH]ccc2c1CN1CCC(C)CC1c1ccc(C(=O)NO)cc1.COc1cc(C)c2[nH]ccc2c1CN1CCC(C)CC1c1ccc(P(=O)(O)O)cc1.COc1cc(C)c2[nH]ccc2c1CN1CCC(C)CC1c1ccc(S(C)(=N)=O)cc1.COc1cc(C)c2[nH]ccc2c1CN1CC[C@@H](C)C[C@H]1c1ccc(S(C)(=N)=O)cc1. The summed E-state index contributed by atoms with van der Waals surface area (Å²) in [7, 11) is -2.67. The maximum Gasteiger partial charge on any atom is 0.356 e. The van der Waals surface area contributed by atoms with Crippen molar-refractivity contribution in [3.8, 4) is 23.0 Å². The van der Waals surface area contributed by atoms with Gasteiger partial charge in [0.2, 0.25) is 0 Å². The average molecular weight is 1750 g/mol. The quantitative estimate of drug-likeness (QED) is 0.0193. The van der Waals surface area contributed by atoms with Gasteiger partial charge in [0, 0.05) is 169 Å². The van der Waals surface area contributed by atoms with Gasteiger partial charge in [0.25, 0.3) is 5.91 Å². The number of ether oxygens (including phenoxy) is 4. The van der Waals surface area contributed by atoms with Crippen LogP contribution in [0.2, 0.25) is 0 Å². The molecule has 4 aromatic heterocycles. The molecule has 4 aliphatic heterocycles. The van der Waals surface area contributed by atoms with E-state index in [0.717, 1.165) is 136 Å². The summed E-state index contributed by atoms with van der Waals surface area (Å²) in [6, 6.07) is 48.1. The molecule has 16 rings (SSSR count). The van der Waals surface area contributed by atoms with E-state index in [1.54, 1.807) is 58.2 Å². The molecule has 0 aliphatic carbocycles. The van der Waals surface area contributed by atoms with E-state index in [4.69, 9.17) is 33.7 Å². The minimum absolute atomic E-state index is 0. The van der Waals surface area contributed by atoms with Crippen molar-refractivity contribution in [1.29, 1.82) is 9.56 Å². The molecule has 124 heavy (non-hydrogen) atoms. The van der Waals surface area contributed by atoms with Crippen LogP contribution in [0.25, 0.3) is 43.6 Å². The molecule has 22 nitrogen and oxygen atoms in total. The first-order valence-corrected chi connectivity index (χ1v) is 47.3. The van der Waals surface area contributed by atoms with E-state index in [1.165, 1.54) is 114 Å². The smallest absolute Gasteiger partial charge is 0.356 e. The first-order chi connectivity index (χ1) is 57.3. The van der Waals surface area contributed by atoms with Crippen LogP contribution in [0, 0.1) is 60.9 Å². The number of hydrogen-bond acceptors (Lipinski definition) is 15. The van der Waals surface area contributed by atoms with Gasteiger partial charge in [-0.15, -0.1) is 0 Å². The number of hydroxylamine groups is 1. The Balaban J connectivity index is 0.000000185. The van der Waals surface area contributed by atoms with E-state index in [9.17, 15) is 27.6 Å². The molecule has 1 amide bonds. The summed E-state index contributed by atoms with van der Waals surface area (Å²) in [5.41, 5.74) is 21.1. The Morgan fingerprint density at radius 1 is 0.419 bits per heavy atom. The fraction of sp³-hybridized carbons (Fsp3) is 0.424. The number of aromatic amines is 4.